The van der Waals surface area contributed by atoms with Crippen LogP contribution in [-0.2, 0) is 4.79 Å². The second kappa shape index (κ2) is 7.99. The molecule has 1 aromatic rings. The number of carbonyl (C=O) groups is 3. The van der Waals surface area contributed by atoms with Crippen LogP contribution >= 0.6 is 0 Å². The van der Waals surface area contributed by atoms with Crippen LogP contribution in [0.1, 0.15) is 53.5 Å². The van der Waals surface area contributed by atoms with Crippen molar-refractivity contribution in [3.8, 4) is 0 Å². The van der Waals surface area contributed by atoms with Crippen LogP contribution in [0.2, 0.25) is 0 Å². The third kappa shape index (κ3) is 4.15. The Morgan fingerprint density at radius 1 is 1.33 bits per heavy atom. The fourth-order valence-electron chi connectivity index (χ4n) is 2.86. The van der Waals surface area contributed by atoms with E-state index in [0.717, 1.165) is 25.6 Å². The van der Waals surface area contributed by atoms with E-state index in [2.05, 4.69) is 6.92 Å². The van der Waals surface area contributed by atoms with E-state index in [9.17, 15) is 14.4 Å². The van der Waals surface area contributed by atoms with Crippen LogP contribution in [0.25, 0.3) is 0 Å². The fourth-order valence-corrected chi connectivity index (χ4v) is 2.86. The van der Waals surface area contributed by atoms with Gasteiger partial charge in [-0.15, -0.1) is 0 Å². The van der Waals surface area contributed by atoms with Crippen molar-refractivity contribution in [2.45, 2.75) is 32.6 Å². The van der Waals surface area contributed by atoms with Gasteiger partial charge >= 0.3 is 5.97 Å². The standard InChI is InChI=1S/C17H24N2O5/c1-3-4-7-18(2)15(20)12-5-8-19(9-6-12)16(21)14-10-13(11-24-14)17(22)23/h10-12H,3-9H2,1-2H3,(H,22,23). The molecule has 1 aliphatic heterocycles. The fraction of sp³-hybridized carbons (Fsp3) is 0.588. The number of likely N-dealkylation sites (tertiary alicyclic amines) is 1. The van der Waals surface area contributed by atoms with Gasteiger partial charge in [-0.25, -0.2) is 4.79 Å². The van der Waals surface area contributed by atoms with Gasteiger partial charge in [-0.2, -0.15) is 0 Å². The van der Waals surface area contributed by atoms with Crippen LogP contribution in [0, 0.1) is 5.92 Å². The zero-order valence-corrected chi connectivity index (χ0v) is 14.2. The van der Waals surface area contributed by atoms with E-state index >= 15 is 0 Å². The molecule has 2 rings (SSSR count). The molecular formula is C17H24N2O5. The number of amides is 2. The number of aromatic carboxylic acids is 1. The van der Waals surface area contributed by atoms with Gasteiger partial charge in [0, 0.05) is 38.7 Å². The second-order valence-corrected chi connectivity index (χ2v) is 6.18. The average Bonchev–Trinajstić information content (AvgIpc) is 3.09. The summed E-state index contributed by atoms with van der Waals surface area (Å²) >= 11 is 0. The van der Waals surface area contributed by atoms with Gasteiger partial charge in [-0.3, -0.25) is 9.59 Å². The number of carboxylic acids is 1. The predicted octanol–water partition coefficient (Wildman–Crippen LogP) is 2.09. The smallest absolute Gasteiger partial charge is 0.338 e. The van der Waals surface area contributed by atoms with E-state index < -0.39 is 5.97 Å². The van der Waals surface area contributed by atoms with Gasteiger partial charge in [0.05, 0.1) is 5.56 Å². The summed E-state index contributed by atoms with van der Waals surface area (Å²) in [7, 11) is 1.83. The summed E-state index contributed by atoms with van der Waals surface area (Å²) in [6.07, 6.45) is 4.34. The molecule has 0 unspecified atom stereocenters. The molecular weight excluding hydrogens is 312 g/mol. The Hall–Kier alpha value is -2.31. The zero-order chi connectivity index (χ0) is 17.7. The minimum Gasteiger partial charge on any atom is -0.478 e. The van der Waals surface area contributed by atoms with Crippen LogP contribution in [0.5, 0.6) is 0 Å². The number of unbranched alkanes of at least 4 members (excludes halogenated alkanes) is 1. The van der Waals surface area contributed by atoms with Crippen LogP contribution in [0.15, 0.2) is 16.7 Å². The Bertz CT molecular complexity index is 602. The molecule has 7 heteroatoms. The molecule has 1 aliphatic rings. The van der Waals surface area contributed by atoms with Crippen LogP contribution in [0.3, 0.4) is 0 Å². The van der Waals surface area contributed by atoms with Crippen LogP contribution in [-0.4, -0.2) is 59.4 Å². The predicted molar refractivity (Wildman–Crippen MR) is 86.8 cm³/mol. The Morgan fingerprint density at radius 2 is 2.00 bits per heavy atom. The molecule has 1 fully saturated rings. The number of nitrogens with zero attached hydrogens (tertiary/aromatic N) is 2. The maximum atomic E-state index is 12.4. The molecule has 0 aliphatic carbocycles. The minimum absolute atomic E-state index is 0.0252. The van der Waals surface area contributed by atoms with E-state index in [0.29, 0.717) is 25.9 Å². The quantitative estimate of drug-likeness (QED) is 0.859. The van der Waals surface area contributed by atoms with Crippen LogP contribution < -0.4 is 0 Å². The second-order valence-electron chi connectivity index (χ2n) is 6.18. The largest absolute Gasteiger partial charge is 0.478 e. The van der Waals surface area contributed by atoms with E-state index in [1.54, 1.807) is 9.80 Å². The first kappa shape index (κ1) is 18.0. The highest BCUT2D eigenvalue weighted by Gasteiger charge is 2.30. The summed E-state index contributed by atoms with van der Waals surface area (Å²) in [4.78, 5) is 38.9. The van der Waals surface area contributed by atoms with Gasteiger partial charge < -0.3 is 19.3 Å². The topological polar surface area (TPSA) is 91.1 Å². The van der Waals surface area contributed by atoms with Crippen molar-refractivity contribution in [2.24, 2.45) is 5.92 Å². The zero-order valence-electron chi connectivity index (χ0n) is 14.2. The molecule has 1 saturated heterocycles. The molecule has 0 saturated carbocycles. The van der Waals surface area contributed by atoms with Crippen LogP contribution in [0.4, 0.5) is 0 Å². The van der Waals surface area contributed by atoms with Gasteiger partial charge in [0.2, 0.25) is 5.91 Å². The van der Waals surface area contributed by atoms with E-state index in [-0.39, 0.29) is 29.1 Å². The third-order valence-electron chi connectivity index (χ3n) is 4.41. The minimum atomic E-state index is -1.13. The van der Waals surface area contributed by atoms with Gasteiger partial charge in [-0.05, 0) is 19.3 Å². The lowest BCUT2D eigenvalue weighted by Gasteiger charge is -2.32. The highest BCUT2D eigenvalue weighted by Crippen LogP contribution is 2.21. The van der Waals surface area contributed by atoms with Gasteiger partial charge in [0.15, 0.2) is 5.76 Å². The molecule has 24 heavy (non-hydrogen) atoms. The Kier molecular flexibility index (Phi) is 6.00. The molecule has 0 aromatic carbocycles. The highest BCUT2D eigenvalue weighted by atomic mass is 16.4. The molecule has 0 bridgehead atoms. The summed E-state index contributed by atoms with van der Waals surface area (Å²) in [5.41, 5.74) is -0.0408. The van der Waals surface area contributed by atoms with Crippen molar-refractivity contribution in [1.29, 1.82) is 0 Å². The first-order valence-corrected chi connectivity index (χ1v) is 8.30. The molecule has 1 N–H and O–H groups in total. The van der Waals surface area contributed by atoms with Crippen molar-refractivity contribution >= 4 is 17.8 Å². The molecule has 2 heterocycles. The number of carboxylic acid groups (broad SMARTS) is 1. The summed E-state index contributed by atoms with van der Waals surface area (Å²) in [6.45, 7) is 3.80. The molecule has 7 nitrogen and oxygen atoms in total. The van der Waals surface area contributed by atoms with Crippen molar-refractivity contribution < 1.29 is 23.9 Å². The maximum absolute atomic E-state index is 12.4. The average molecular weight is 336 g/mol. The molecule has 1 aromatic heterocycles. The van der Waals surface area contributed by atoms with Crippen molar-refractivity contribution in [3.63, 3.8) is 0 Å². The first-order chi connectivity index (χ1) is 11.4. The van der Waals surface area contributed by atoms with Crippen molar-refractivity contribution in [3.05, 3.63) is 23.7 Å². The normalized spacial score (nSPS) is 15.3. The Labute approximate surface area is 141 Å². The lowest BCUT2D eigenvalue weighted by Crippen LogP contribution is -2.43. The Balaban J connectivity index is 1.88. The first-order valence-electron chi connectivity index (χ1n) is 8.30. The highest BCUT2D eigenvalue weighted by molar-refractivity contribution is 5.95. The third-order valence-corrected chi connectivity index (χ3v) is 4.41. The van der Waals surface area contributed by atoms with Gasteiger partial charge in [0.25, 0.3) is 5.91 Å². The van der Waals surface area contributed by atoms with Crippen molar-refractivity contribution in [2.75, 3.05) is 26.7 Å². The SMILES string of the molecule is CCCCN(C)C(=O)C1CCN(C(=O)c2cc(C(=O)O)co2)CC1. The monoisotopic (exact) mass is 336 g/mol. The summed E-state index contributed by atoms with van der Waals surface area (Å²) < 4.78 is 5.05. The van der Waals surface area contributed by atoms with Gasteiger partial charge in [-0.1, -0.05) is 13.3 Å². The number of hydrogen-bond acceptors (Lipinski definition) is 4. The number of hydrogen-bond donors (Lipinski definition) is 1. The molecule has 0 radical (unpaired) electrons. The molecule has 2 amide bonds. The summed E-state index contributed by atoms with van der Waals surface area (Å²) in [5, 5.41) is 8.87. The number of furan rings is 1. The maximum Gasteiger partial charge on any atom is 0.338 e. The number of carbonyl (C=O) groups excluding carboxylic acids is 2. The van der Waals surface area contributed by atoms with E-state index in [1.807, 2.05) is 7.05 Å². The molecule has 0 atom stereocenters. The summed E-state index contributed by atoms with van der Waals surface area (Å²) in [6, 6.07) is 1.24. The summed E-state index contributed by atoms with van der Waals surface area (Å²) in [5.74, 6) is -1.34. The lowest BCUT2D eigenvalue weighted by molar-refractivity contribution is -0.135. The van der Waals surface area contributed by atoms with Gasteiger partial charge in [0.1, 0.15) is 6.26 Å². The van der Waals surface area contributed by atoms with E-state index in [1.165, 1.54) is 6.07 Å². The van der Waals surface area contributed by atoms with Crippen molar-refractivity contribution in [1.82, 2.24) is 9.80 Å². The lowest BCUT2D eigenvalue weighted by atomic mass is 9.95. The Morgan fingerprint density at radius 3 is 2.54 bits per heavy atom. The van der Waals surface area contributed by atoms with E-state index in [4.69, 9.17) is 9.52 Å². The molecule has 0 spiro atoms. The number of piperidine rings is 1. The molecule has 132 valence electrons. The number of rotatable bonds is 6.